The number of hydrogen-bond acceptors (Lipinski definition) is 2. The quantitative estimate of drug-likeness (QED) is 0.857. The minimum Gasteiger partial charge on any atom is -0.339 e. The van der Waals surface area contributed by atoms with E-state index in [2.05, 4.69) is 12.2 Å². The van der Waals surface area contributed by atoms with Gasteiger partial charge in [0.1, 0.15) is 0 Å². The van der Waals surface area contributed by atoms with Gasteiger partial charge in [0.2, 0.25) is 0 Å². The molecule has 1 aliphatic heterocycles. The van der Waals surface area contributed by atoms with Crippen molar-refractivity contribution in [1.82, 2.24) is 10.2 Å². The van der Waals surface area contributed by atoms with E-state index in [1.165, 1.54) is 0 Å². The molecule has 0 aromatic heterocycles. The summed E-state index contributed by atoms with van der Waals surface area (Å²) >= 11 is 6.34. The van der Waals surface area contributed by atoms with Crippen LogP contribution < -0.4 is 5.32 Å². The number of rotatable bonds is 5. The number of likely N-dealkylation sites (tertiary alicyclic amines) is 1. The van der Waals surface area contributed by atoms with Crippen LogP contribution in [0.3, 0.4) is 0 Å². The summed E-state index contributed by atoms with van der Waals surface area (Å²) in [4.78, 5) is 14.9. The summed E-state index contributed by atoms with van der Waals surface area (Å²) in [6.45, 7) is 5.78. The molecule has 3 rings (SSSR count). The van der Waals surface area contributed by atoms with Crippen molar-refractivity contribution in [2.45, 2.75) is 19.8 Å². The van der Waals surface area contributed by atoms with Gasteiger partial charge in [-0.2, -0.15) is 0 Å². The lowest BCUT2D eigenvalue weighted by atomic mass is 9.96. The topological polar surface area (TPSA) is 32.3 Å². The van der Waals surface area contributed by atoms with E-state index in [1.54, 1.807) is 0 Å². The van der Waals surface area contributed by atoms with E-state index in [1.807, 2.05) is 53.4 Å². The number of hydrogen-bond donors (Lipinski definition) is 1. The van der Waals surface area contributed by atoms with Gasteiger partial charge in [-0.05, 0) is 55.1 Å². The largest absolute Gasteiger partial charge is 0.339 e. The van der Waals surface area contributed by atoms with Gasteiger partial charge in [-0.1, -0.05) is 54.9 Å². The number of nitrogens with zero attached hydrogens (tertiary/aromatic N) is 1. The lowest BCUT2D eigenvalue weighted by Crippen LogP contribution is -2.40. The number of nitrogens with one attached hydrogen (secondary N) is 1. The van der Waals surface area contributed by atoms with Crippen LogP contribution in [-0.4, -0.2) is 37.0 Å². The summed E-state index contributed by atoms with van der Waals surface area (Å²) in [5.41, 5.74) is 2.72. The Balaban J connectivity index is 1.72. The zero-order chi connectivity index (χ0) is 17.6. The van der Waals surface area contributed by atoms with Crippen LogP contribution in [0, 0.1) is 5.92 Å². The molecule has 0 aliphatic carbocycles. The van der Waals surface area contributed by atoms with Crippen molar-refractivity contribution >= 4 is 17.5 Å². The number of amides is 1. The van der Waals surface area contributed by atoms with E-state index in [-0.39, 0.29) is 5.91 Å². The second-order valence-electron chi connectivity index (χ2n) is 6.60. The van der Waals surface area contributed by atoms with E-state index < -0.39 is 0 Å². The molecule has 1 amide bonds. The first-order valence-corrected chi connectivity index (χ1v) is 9.41. The van der Waals surface area contributed by atoms with Crippen molar-refractivity contribution in [1.29, 1.82) is 0 Å². The lowest BCUT2D eigenvalue weighted by Gasteiger charge is -2.32. The third-order valence-electron chi connectivity index (χ3n) is 4.89. The Hall–Kier alpha value is -1.84. The fourth-order valence-corrected chi connectivity index (χ4v) is 3.56. The van der Waals surface area contributed by atoms with Gasteiger partial charge in [0.05, 0.1) is 10.6 Å². The highest BCUT2D eigenvalue weighted by molar-refractivity contribution is 6.34. The summed E-state index contributed by atoms with van der Waals surface area (Å²) < 4.78 is 0. The zero-order valence-electron chi connectivity index (χ0n) is 14.7. The maximum atomic E-state index is 13.0. The molecular weight excluding hydrogens is 332 g/mol. The average Bonchev–Trinajstić information content (AvgIpc) is 2.67. The van der Waals surface area contributed by atoms with Crippen molar-refractivity contribution in [3.63, 3.8) is 0 Å². The number of halogens is 1. The summed E-state index contributed by atoms with van der Waals surface area (Å²) in [6, 6.07) is 15.8. The van der Waals surface area contributed by atoms with Crippen molar-refractivity contribution in [2.75, 3.05) is 26.2 Å². The normalized spacial score (nSPS) is 15.4. The molecular formula is C21H25ClN2O. The average molecular weight is 357 g/mol. The van der Waals surface area contributed by atoms with Gasteiger partial charge in [-0.3, -0.25) is 4.79 Å². The highest BCUT2D eigenvalue weighted by atomic mass is 35.5. The van der Waals surface area contributed by atoms with Gasteiger partial charge in [0.25, 0.3) is 5.91 Å². The maximum Gasteiger partial charge on any atom is 0.255 e. The molecule has 132 valence electrons. The minimum absolute atomic E-state index is 0.0460. The number of benzene rings is 2. The minimum atomic E-state index is 0.0460. The highest BCUT2D eigenvalue weighted by Gasteiger charge is 2.24. The van der Waals surface area contributed by atoms with E-state index in [0.29, 0.717) is 16.5 Å². The van der Waals surface area contributed by atoms with E-state index in [0.717, 1.165) is 50.1 Å². The number of piperidine rings is 1. The molecule has 0 saturated carbocycles. The molecule has 25 heavy (non-hydrogen) atoms. The zero-order valence-corrected chi connectivity index (χ0v) is 15.4. The predicted octanol–water partition coefficient (Wildman–Crippen LogP) is 4.47. The Morgan fingerprint density at radius 2 is 1.84 bits per heavy atom. The Kier molecular flexibility index (Phi) is 6.11. The van der Waals surface area contributed by atoms with Crippen molar-refractivity contribution in [2.24, 2.45) is 5.92 Å². The third kappa shape index (κ3) is 4.42. The predicted molar refractivity (Wildman–Crippen MR) is 104 cm³/mol. The van der Waals surface area contributed by atoms with Crippen LogP contribution in [0.25, 0.3) is 11.1 Å². The van der Waals surface area contributed by atoms with E-state index in [4.69, 9.17) is 11.6 Å². The van der Waals surface area contributed by atoms with Gasteiger partial charge in [-0.25, -0.2) is 0 Å². The monoisotopic (exact) mass is 356 g/mol. The standard InChI is InChI=1S/C21H25ClN2O/c1-2-23-15-16-10-12-24(13-11-16)21(25)19-14-18(8-9-20(19)22)17-6-4-3-5-7-17/h3-9,14,16,23H,2,10-13,15H2,1H3. The molecule has 1 N–H and O–H groups in total. The van der Waals surface area contributed by atoms with E-state index >= 15 is 0 Å². The molecule has 3 nitrogen and oxygen atoms in total. The fraction of sp³-hybridized carbons (Fsp3) is 0.381. The molecule has 1 heterocycles. The molecule has 1 saturated heterocycles. The summed E-state index contributed by atoms with van der Waals surface area (Å²) in [7, 11) is 0. The maximum absolute atomic E-state index is 13.0. The van der Waals surface area contributed by atoms with Crippen LogP contribution in [0.4, 0.5) is 0 Å². The summed E-state index contributed by atoms with van der Waals surface area (Å²) in [5, 5.41) is 3.93. The third-order valence-corrected chi connectivity index (χ3v) is 5.22. The van der Waals surface area contributed by atoms with Gasteiger partial charge >= 0.3 is 0 Å². The molecule has 1 aliphatic rings. The molecule has 2 aromatic rings. The Bertz CT molecular complexity index is 709. The first kappa shape index (κ1) is 18.0. The van der Waals surface area contributed by atoms with Gasteiger partial charge < -0.3 is 10.2 Å². The van der Waals surface area contributed by atoms with E-state index in [9.17, 15) is 4.79 Å². The van der Waals surface area contributed by atoms with Crippen LogP contribution in [0.2, 0.25) is 5.02 Å². The van der Waals surface area contributed by atoms with Gasteiger partial charge in [0.15, 0.2) is 0 Å². The van der Waals surface area contributed by atoms with Crippen molar-refractivity contribution in [3.8, 4) is 11.1 Å². The molecule has 4 heteroatoms. The Labute approximate surface area is 155 Å². The van der Waals surface area contributed by atoms with Crippen LogP contribution >= 0.6 is 11.6 Å². The number of carbonyl (C=O) groups excluding carboxylic acids is 1. The molecule has 2 aromatic carbocycles. The molecule has 0 radical (unpaired) electrons. The first-order valence-electron chi connectivity index (χ1n) is 9.04. The second kappa shape index (κ2) is 8.50. The van der Waals surface area contributed by atoms with Crippen molar-refractivity contribution in [3.05, 3.63) is 59.1 Å². The van der Waals surface area contributed by atoms with Crippen molar-refractivity contribution < 1.29 is 4.79 Å². The van der Waals surface area contributed by atoms with Gasteiger partial charge in [-0.15, -0.1) is 0 Å². The molecule has 0 spiro atoms. The molecule has 0 bridgehead atoms. The van der Waals surface area contributed by atoms with Gasteiger partial charge in [0, 0.05) is 13.1 Å². The fourth-order valence-electron chi connectivity index (χ4n) is 3.36. The molecule has 0 unspecified atom stereocenters. The SMILES string of the molecule is CCNCC1CCN(C(=O)c2cc(-c3ccccc3)ccc2Cl)CC1. The smallest absolute Gasteiger partial charge is 0.255 e. The Morgan fingerprint density at radius 3 is 2.52 bits per heavy atom. The first-order chi connectivity index (χ1) is 12.2. The van der Waals surface area contributed by atoms with Crippen LogP contribution in [0.1, 0.15) is 30.1 Å². The molecule has 0 atom stereocenters. The second-order valence-corrected chi connectivity index (χ2v) is 7.01. The Morgan fingerprint density at radius 1 is 1.12 bits per heavy atom. The number of carbonyl (C=O) groups is 1. The molecule has 1 fully saturated rings. The lowest BCUT2D eigenvalue weighted by molar-refractivity contribution is 0.0690. The summed E-state index contributed by atoms with van der Waals surface area (Å²) in [5.74, 6) is 0.708. The van der Waals surface area contributed by atoms with Crippen LogP contribution in [0.15, 0.2) is 48.5 Å². The highest BCUT2D eigenvalue weighted by Crippen LogP contribution is 2.27. The van der Waals surface area contributed by atoms with Crippen LogP contribution in [-0.2, 0) is 0 Å². The van der Waals surface area contributed by atoms with Crippen LogP contribution in [0.5, 0.6) is 0 Å². The summed E-state index contributed by atoms with van der Waals surface area (Å²) in [6.07, 6.45) is 2.10.